The van der Waals surface area contributed by atoms with Gasteiger partial charge in [-0.2, -0.15) is 5.26 Å². The van der Waals surface area contributed by atoms with Crippen LogP contribution in [-0.4, -0.2) is 5.97 Å². The van der Waals surface area contributed by atoms with E-state index in [2.05, 4.69) is 6.07 Å². The minimum Gasteiger partial charge on any atom is -0.441 e. The molecule has 124 valence electrons. The van der Waals surface area contributed by atoms with Crippen LogP contribution in [0.5, 0.6) is 0 Å². The van der Waals surface area contributed by atoms with Crippen molar-refractivity contribution in [2.45, 2.75) is 5.60 Å². The Hall–Kier alpha value is -3.64. The number of nitriles is 1. The smallest absolute Gasteiger partial charge is 0.340 e. The molecule has 0 radical (unpaired) electrons. The van der Waals surface area contributed by atoms with Gasteiger partial charge >= 0.3 is 5.97 Å². The van der Waals surface area contributed by atoms with Crippen LogP contribution in [0.3, 0.4) is 0 Å². The molecule has 0 bridgehead atoms. The lowest BCUT2D eigenvalue weighted by Gasteiger charge is -2.27. The molecule has 4 rings (SSSR count). The number of esters is 1. The van der Waals surface area contributed by atoms with Crippen LogP contribution < -0.4 is 0 Å². The van der Waals surface area contributed by atoms with Gasteiger partial charge in [-0.3, -0.25) is 0 Å². The van der Waals surface area contributed by atoms with Crippen LogP contribution in [0.25, 0.3) is 5.57 Å². The van der Waals surface area contributed by atoms with Gasteiger partial charge in [-0.05, 0) is 23.8 Å². The number of hydrogen-bond donors (Lipinski definition) is 0. The fourth-order valence-electron chi connectivity index (χ4n) is 3.24. The fourth-order valence-corrected chi connectivity index (χ4v) is 3.24. The Morgan fingerprint density at radius 2 is 1.35 bits per heavy atom. The SMILES string of the molecule is N#Cc1ccc(C2(c3ccccc3)C=C(c3ccccc3)C(=O)O2)cc1. The predicted octanol–water partition coefficient (Wildman–Crippen LogP) is 4.44. The molecule has 3 nitrogen and oxygen atoms in total. The van der Waals surface area contributed by atoms with Crippen molar-refractivity contribution >= 4 is 11.5 Å². The minimum absolute atomic E-state index is 0.357. The summed E-state index contributed by atoms with van der Waals surface area (Å²) in [6, 6.07) is 28.4. The van der Waals surface area contributed by atoms with Crippen molar-refractivity contribution in [2.24, 2.45) is 0 Å². The molecule has 1 unspecified atom stereocenters. The van der Waals surface area contributed by atoms with Gasteiger partial charge in [-0.25, -0.2) is 4.79 Å². The molecule has 0 amide bonds. The topological polar surface area (TPSA) is 50.1 Å². The molecule has 0 aliphatic carbocycles. The van der Waals surface area contributed by atoms with Gasteiger partial charge in [0.25, 0.3) is 0 Å². The first-order valence-corrected chi connectivity index (χ1v) is 8.31. The highest BCUT2D eigenvalue weighted by Crippen LogP contribution is 2.43. The van der Waals surface area contributed by atoms with Crippen molar-refractivity contribution in [1.29, 1.82) is 5.26 Å². The molecule has 3 aromatic rings. The zero-order valence-corrected chi connectivity index (χ0v) is 13.9. The maximum absolute atomic E-state index is 12.7. The quantitative estimate of drug-likeness (QED) is 0.664. The Balaban J connectivity index is 1.92. The molecule has 1 atom stereocenters. The number of rotatable bonds is 3. The predicted molar refractivity (Wildman–Crippen MR) is 98.9 cm³/mol. The summed E-state index contributed by atoms with van der Waals surface area (Å²) in [6.07, 6.45) is 1.88. The van der Waals surface area contributed by atoms with E-state index in [1.54, 1.807) is 12.1 Å². The molecule has 0 spiro atoms. The van der Waals surface area contributed by atoms with Crippen LogP contribution in [0.1, 0.15) is 22.3 Å². The van der Waals surface area contributed by atoms with E-state index < -0.39 is 5.60 Å². The molecule has 0 N–H and O–H groups in total. The largest absolute Gasteiger partial charge is 0.441 e. The second-order valence-corrected chi connectivity index (χ2v) is 6.10. The number of nitrogens with zero attached hydrogens (tertiary/aromatic N) is 1. The summed E-state index contributed by atoms with van der Waals surface area (Å²) in [7, 11) is 0. The lowest BCUT2D eigenvalue weighted by atomic mass is 9.85. The first kappa shape index (κ1) is 15.9. The Bertz CT molecular complexity index is 1020. The van der Waals surface area contributed by atoms with Gasteiger partial charge in [0.05, 0.1) is 17.2 Å². The third-order valence-electron chi connectivity index (χ3n) is 4.55. The molecule has 1 aliphatic rings. The van der Waals surface area contributed by atoms with Gasteiger partial charge in [-0.1, -0.05) is 72.8 Å². The number of ether oxygens (including phenoxy) is 1. The third kappa shape index (κ3) is 2.58. The zero-order valence-electron chi connectivity index (χ0n) is 13.9. The molecule has 1 aliphatic heterocycles. The van der Waals surface area contributed by atoms with E-state index in [0.717, 1.165) is 16.7 Å². The highest BCUT2D eigenvalue weighted by atomic mass is 16.6. The summed E-state index contributed by atoms with van der Waals surface area (Å²) >= 11 is 0. The van der Waals surface area contributed by atoms with Crippen LogP contribution in [0.2, 0.25) is 0 Å². The molecule has 0 saturated carbocycles. The molecule has 3 aromatic carbocycles. The molecular weight excluding hydrogens is 322 g/mol. The molecule has 0 aromatic heterocycles. The lowest BCUT2D eigenvalue weighted by Crippen LogP contribution is -2.27. The minimum atomic E-state index is -1.00. The van der Waals surface area contributed by atoms with Crippen LogP contribution in [0.15, 0.2) is 91.0 Å². The van der Waals surface area contributed by atoms with Gasteiger partial charge in [0.15, 0.2) is 5.60 Å². The number of cyclic esters (lactones) is 1. The monoisotopic (exact) mass is 337 g/mol. The van der Waals surface area contributed by atoms with E-state index in [4.69, 9.17) is 10.00 Å². The Morgan fingerprint density at radius 1 is 0.769 bits per heavy atom. The molecule has 26 heavy (non-hydrogen) atoms. The summed E-state index contributed by atoms with van der Waals surface area (Å²) in [5.74, 6) is -0.357. The van der Waals surface area contributed by atoms with Gasteiger partial charge in [0.2, 0.25) is 0 Å². The lowest BCUT2D eigenvalue weighted by molar-refractivity contribution is -0.142. The van der Waals surface area contributed by atoms with Crippen molar-refractivity contribution in [3.05, 3.63) is 113 Å². The summed E-state index contributed by atoms with van der Waals surface area (Å²) in [6.45, 7) is 0. The standard InChI is InChI=1S/C23H15NO2/c24-16-17-11-13-20(14-12-17)23(19-9-5-2-6-10-19)15-21(22(25)26-23)18-7-3-1-4-8-18/h1-15H. The fraction of sp³-hybridized carbons (Fsp3) is 0.0435. The summed E-state index contributed by atoms with van der Waals surface area (Å²) in [5, 5.41) is 9.06. The molecule has 0 saturated heterocycles. The van der Waals surface area contributed by atoms with Crippen LogP contribution in [0, 0.1) is 11.3 Å². The second kappa shape index (κ2) is 6.34. The van der Waals surface area contributed by atoms with Gasteiger partial charge < -0.3 is 4.74 Å². The van der Waals surface area contributed by atoms with Crippen molar-refractivity contribution in [3.8, 4) is 6.07 Å². The first-order chi connectivity index (χ1) is 12.7. The molecular formula is C23H15NO2. The first-order valence-electron chi connectivity index (χ1n) is 8.31. The van der Waals surface area contributed by atoms with Crippen LogP contribution in [-0.2, 0) is 15.1 Å². The average Bonchev–Trinajstić information content (AvgIpc) is 3.08. The summed E-state index contributed by atoms with van der Waals surface area (Å²) in [5.41, 5.74) is 2.60. The molecule has 0 fully saturated rings. The third-order valence-corrected chi connectivity index (χ3v) is 4.55. The van der Waals surface area contributed by atoms with Gasteiger partial charge in [0, 0.05) is 11.1 Å². The maximum atomic E-state index is 12.7. The number of carbonyl (C=O) groups is 1. The molecule has 1 heterocycles. The molecule has 3 heteroatoms. The van der Waals surface area contributed by atoms with E-state index in [0.29, 0.717) is 11.1 Å². The number of benzene rings is 3. The highest BCUT2D eigenvalue weighted by molar-refractivity contribution is 6.19. The maximum Gasteiger partial charge on any atom is 0.340 e. The van der Waals surface area contributed by atoms with Crippen LogP contribution in [0.4, 0.5) is 0 Å². The number of hydrogen-bond acceptors (Lipinski definition) is 3. The van der Waals surface area contributed by atoms with E-state index in [9.17, 15) is 4.79 Å². The zero-order chi connectivity index (χ0) is 18.0. The number of carbonyl (C=O) groups excluding carboxylic acids is 1. The van der Waals surface area contributed by atoms with Gasteiger partial charge in [0.1, 0.15) is 0 Å². The van der Waals surface area contributed by atoms with E-state index in [-0.39, 0.29) is 5.97 Å². The highest BCUT2D eigenvalue weighted by Gasteiger charge is 2.43. The van der Waals surface area contributed by atoms with Gasteiger partial charge in [-0.15, -0.1) is 0 Å². The average molecular weight is 337 g/mol. The van der Waals surface area contributed by atoms with Crippen LogP contribution >= 0.6 is 0 Å². The summed E-state index contributed by atoms with van der Waals surface area (Å²) in [4.78, 5) is 12.7. The Kier molecular flexibility index (Phi) is 3.87. The van der Waals surface area contributed by atoms with E-state index in [1.807, 2.05) is 78.9 Å². The van der Waals surface area contributed by atoms with Crippen molar-refractivity contribution in [3.63, 3.8) is 0 Å². The second-order valence-electron chi connectivity index (χ2n) is 6.10. The Labute approximate surface area is 151 Å². The normalized spacial score (nSPS) is 18.7. The Morgan fingerprint density at radius 3 is 1.96 bits per heavy atom. The van der Waals surface area contributed by atoms with E-state index >= 15 is 0 Å². The van der Waals surface area contributed by atoms with Crippen molar-refractivity contribution in [1.82, 2.24) is 0 Å². The van der Waals surface area contributed by atoms with Crippen molar-refractivity contribution in [2.75, 3.05) is 0 Å². The van der Waals surface area contributed by atoms with Crippen molar-refractivity contribution < 1.29 is 9.53 Å². The van der Waals surface area contributed by atoms with E-state index in [1.165, 1.54) is 0 Å². The summed E-state index contributed by atoms with van der Waals surface area (Å²) < 4.78 is 5.95.